The number of hydrogen-bond donors (Lipinski definition) is 1. The Labute approximate surface area is 164 Å². The Balaban J connectivity index is 1.89. The van der Waals surface area contributed by atoms with E-state index in [0.29, 0.717) is 12.1 Å². The molecule has 0 bridgehead atoms. The Hall–Kier alpha value is -2.73. The first-order valence-corrected chi connectivity index (χ1v) is 9.84. The lowest BCUT2D eigenvalue weighted by atomic mass is 9.98. The van der Waals surface area contributed by atoms with Gasteiger partial charge in [-0.3, -0.25) is 9.48 Å². The van der Waals surface area contributed by atoms with Crippen LogP contribution >= 0.6 is 0 Å². The lowest BCUT2D eigenvalue weighted by Gasteiger charge is -2.23. The highest BCUT2D eigenvalue weighted by molar-refractivity contribution is 6.08. The molecule has 1 aliphatic heterocycles. The molecule has 2 aromatic heterocycles. The number of amides is 1. The number of hydrogen-bond acceptors (Lipinski definition) is 4. The summed E-state index contributed by atoms with van der Waals surface area (Å²) in [6.45, 7) is 7.47. The van der Waals surface area contributed by atoms with Gasteiger partial charge in [0.2, 0.25) is 0 Å². The second-order valence-corrected chi connectivity index (χ2v) is 7.74. The number of aryl methyl sites for hydroxylation is 2. The number of aliphatic hydroxyl groups excluding tert-OH is 1. The largest absolute Gasteiger partial charge is 0.394 e. The fourth-order valence-electron chi connectivity index (χ4n) is 4.18. The first-order chi connectivity index (χ1) is 13.5. The molecule has 6 nitrogen and oxygen atoms in total. The van der Waals surface area contributed by atoms with Crippen LogP contribution in [0.3, 0.4) is 0 Å². The number of pyridine rings is 1. The number of carbonyl (C=O) groups excluding carboxylic acids is 1. The van der Waals surface area contributed by atoms with Crippen molar-refractivity contribution in [1.82, 2.24) is 19.7 Å². The van der Waals surface area contributed by atoms with E-state index in [2.05, 4.69) is 18.1 Å². The van der Waals surface area contributed by atoms with Gasteiger partial charge < -0.3 is 10.0 Å². The number of benzene rings is 1. The smallest absolute Gasteiger partial charge is 0.254 e. The molecule has 1 amide bonds. The number of rotatable bonds is 4. The van der Waals surface area contributed by atoms with E-state index in [1.54, 1.807) is 10.9 Å². The Morgan fingerprint density at radius 2 is 2.11 bits per heavy atom. The molecule has 1 aromatic carbocycles. The first kappa shape index (κ1) is 18.6. The van der Waals surface area contributed by atoms with Crippen LogP contribution in [0.4, 0.5) is 0 Å². The lowest BCUT2D eigenvalue weighted by Crippen LogP contribution is -2.33. The van der Waals surface area contributed by atoms with Crippen LogP contribution in [0, 0.1) is 13.8 Å². The van der Waals surface area contributed by atoms with Gasteiger partial charge in [-0.15, -0.1) is 0 Å². The molecule has 3 aromatic rings. The van der Waals surface area contributed by atoms with Crippen LogP contribution in [0.1, 0.15) is 41.3 Å². The second-order valence-electron chi connectivity index (χ2n) is 7.74. The number of fused-ring (bicyclic) bond motifs is 1. The van der Waals surface area contributed by atoms with Gasteiger partial charge in [-0.25, -0.2) is 4.98 Å². The van der Waals surface area contributed by atoms with Gasteiger partial charge in [0.25, 0.3) is 5.91 Å². The third kappa shape index (κ3) is 3.29. The minimum absolute atomic E-state index is 0.0290. The van der Waals surface area contributed by atoms with Crippen LogP contribution in [-0.4, -0.2) is 49.9 Å². The molecular weight excluding hydrogens is 352 g/mol. The van der Waals surface area contributed by atoms with Gasteiger partial charge >= 0.3 is 0 Å². The van der Waals surface area contributed by atoms with Gasteiger partial charge in [0.1, 0.15) is 0 Å². The molecule has 0 spiro atoms. The number of aromatic nitrogens is 3. The Bertz CT molecular complexity index is 1040. The van der Waals surface area contributed by atoms with Crippen molar-refractivity contribution in [2.75, 3.05) is 13.2 Å². The number of carbonyl (C=O) groups is 1. The molecule has 1 aliphatic rings. The Kier molecular flexibility index (Phi) is 4.89. The second kappa shape index (κ2) is 7.36. The number of nitrogens with zero attached hydrogens (tertiary/aromatic N) is 4. The molecule has 3 heterocycles. The monoisotopic (exact) mass is 378 g/mol. The predicted octanol–water partition coefficient (Wildman–Crippen LogP) is 3.33. The third-order valence-electron chi connectivity index (χ3n) is 5.55. The summed E-state index contributed by atoms with van der Waals surface area (Å²) in [6, 6.07) is 6.30. The molecule has 1 unspecified atom stereocenters. The topological polar surface area (TPSA) is 71.2 Å². The van der Waals surface area contributed by atoms with E-state index in [1.807, 2.05) is 37.1 Å². The van der Waals surface area contributed by atoms with E-state index in [9.17, 15) is 4.79 Å². The molecule has 28 heavy (non-hydrogen) atoms. The average molecular weight is 378 g/mol. The number of aliphatic hydroxyl groups is 1. The van der Waals surface area contributed by atoms with Crippen LogP contribution < -0.4 is 0 Å². The maximum Gasteiger partial charge on any atom is 0.254 e. The highest BCUT2D eigenvalue weighted by Crippen LogP contribution is 2.30. The van der Waals surface area contributed by atoms with E-state index < -0.39 is 0 Å². The molecule has 0 aliphatic carbocycles. The van der Waals surface area contributed by atoms with Crippen molar-refractivity contribution < 1.29 is 9.90 Å². The third-order valence-corrected chi connectivity index (χ3v) is 5.55. The van der Waals surface area contributed by atoms with E-state index in [1.165, 1.54) is 0 Å². The zero-order chi connectivity index (χ0) is 19.8. The summed E-state index contributed by atoms with van der Waals surface area (Å²) in [4.78, 5) is 20.3. The fourth-order valence-corrected chi connectivity index (χ4v) is 4.18. The van der Waals surface area contributed by atoms with Crippen molar-refractivity contribution in [3.05, 3.63) is 47.3 Å². The summed E-state index contributed by atoms with van der Waals surface area (Å²) in [5.74, 6) is 0.0772. The zero-order valence-corrected chi connectivity index (χ0v) is 16.6. The quantitative estimate of drug-likeness (QED) is 0.756. The van der Waals surface area contributed by atoms with Crippen LogP contribution in [0.25, 0.3) is 22.2 Å². The van der Waals surface area contributed by atoms with Crippen molar-refractivity contribution in [3.63, 3.8) is 0 Å². The van der Waals surface area contributed by atoms with Crippen molar-refractivity contribution in [1.29, 1.82) is 0 Å². The van der Waals surface area contributed by atoms with Gasteiger partial charge in [0, 0.05) is 29.7 Å². The summed E-state index contributed by atoms with van der Waals surface area (Å²) in [7, 11) is 0. The van der Waals surface area contributed by atoms with Crippen LogP contribution in [0.2, 0.25) is 0 Å². The maximum absolute atomic E-state index is 13.4. The predicted molar refractivity (Wildman–Crippen MR) is 109 cm³/mol. The molecule has 6 heteroatoms. The SMILES string of the molecule is Cc1cc(C)c2c(C(=O)N3CCCC3C)cc(-c3cnn(CCO)c3)nc2c1. The maximum atomic E-state index is 13.4. The van der Waals surface area contributed by atoms with E-state index in [0.717, 1.165) is 52.7 Å². The summed E-state index contributed by atoms with van der Waals surface area (Å²) >= 11 is 0. The van der Waals surface area contributed by atoms with Gasteiger partial charge in [-0.1, -0.05) is 6.07 Å². The van der Waals surface area contributed by atoms with Gasteiger partial charge in [0.05, 0.1) is 36.1 Å². The van der Waals surface area contributed by atoms with Crippen molar-refractivity contribution in [2.45, 2.75) is 46.2 Å². The Morgan fingerprint density at radius 3 is 2.82 bits per heavy atom. The van der Waals surface area contributed by atoms with Crippen molar-refractivity contribution >= 4 is 16.8 Å². The van der Waals surface area contributed by atoms with Gasteiger partial charge in [-0.2, -0.15) is 5.10 Å². The molecular formula is C22H26N4O2. The highest BCUT2D eigenvalue weighted by Gasteiger charge is 2.28. The number of likely N-dealkylation sites (tertiary alicyclic amines) is 1. The lowest BCUT2D eigenvalue weighted by molar-refractivity contribution is 0.0749. The highest BCUT2D eigenvalue weighted by atomic mass is 16.3. The molecule has 146 valence electrons. The zero-order valence-electron chi connectivity index (χ0n) is 16.6. The minimum atomic E-state index is 0.0290. The van der Waals surface area contributed by atoms with E-state index in [4.69, 9.17) is 10.1 Å². The molecule has 1 saturated heterocycles. The molecule has 0 saturated carbocycles. The summed E-state index contributed by atoms with van der Waals surface area (Å²) in [5, 5.41) is 14.4. The van der Waals surface area contributed by atoms with Gasteiger partial charge in [-0.05, 0) is 56.9 Å². The van der Waals surface area contributed by atoms with Crippen molar-refractivity contribution in [3.8, 4) is 11.3 Å². The summed E-state index contributed by atoms with van der Waals surface area (Å²) in [5.41, 5.74) is 5.31. The van der Waals surface area contributed by atoms with Crippen molar-refractivity contribution in [2.24, 2.45) is 0 Å². The van der Waals surface area contributed by atoms with Gasteiger partial charge in [0.15, 0.2) is 0 Å². The summed E-state index contributed by atoms with van der Waals surface area (Å²) < 4.78 is 1.69. The minimum Gasteiger partial charge on any atom is -0.394 e. The fraction of sp³-hybridized carbons (Fsp3) is 0.409. The molecule has 0 radical (unpaired) electrons. The molecule has 4 rings (SSSR count). The summed E-state index contributed by atoms with van der Waals surface area (Å²) in [6.07, 6.45) is 5.70. The molecule has 1 atom stereocenters. The molecule has 1 fully saturated rings. The molecule has 1 N–H and O–H groups in total. The Morgan fingerprint density at radius 1 is 1.29 bits per heavy atom. The van der Waals surface area contributed by atoms with Crippen LogP contribution in [-0.2, 0) is 6.54 Å². The van der Waals surface area contributed by atoms with Crippen LogP contribution in [0.15, 0.2) is 30.6 Å². The van der Waals surface area contributed by atoms with E-state index in [-0.39, 0.29) is 18.6 Å². The standard InChI is InChI=1S/C22H26N4O2/c1-14-9-15(2)21-18(22(28)26-6-4-5-16(26)3)11-19(24-20(21)10-14)17-12-23-25(13-17)7-8-27/h9-13,16,27H,4-8H2,1-3H3. The van der Waals surface area contributed by atoms with Crippen LogP contribution in [0.5, 0.6) is 0 Å². The first-order valence-electron chi connectivity index (χ1n) is 9.84. The average Bonchev–Trinajstić information content (AvgIpc) is 3.29. The normalized spacial score (nSPS) is 16.9. The van der Waals surface area contributed by atoms with E-state index >= 15 is 0 Å².